The summed E-state index contributed by atoms with van der Waals surface area (Å²) in [6, 6.07) is 4.90. The molecule has 0 amide bonds. The molecule has 0 spiro atoms. The number of amidine groups is 1. The maximum atomic E-state index is 14.0. The van der Waals surface area contributed by atoms with Gasteiger partial charge in [0.15, 0.2) is 5.17 Å². The Kier molecular flexibility index (Phi) is 8.37. The zero-order chi connectivity index (χ0) is 18.3. The molecule has 4 N–H and O–H groups in total. The highest BCUT2D eigenvalue weighted by Crippen LogP contribution is 2.32. The topological polar surface area (TPSA) is 113 Å². The quantitative estimate of drug-likeness (QED) is 0.378. The van der Waals surface area contributed by atoms with E-state index in [0.717, 1.165) is 10.0 Å². The number of hydrogen-bond donors (Lipinski definition) is 3. The average Bonchev–Trinajstić information content (AvgIpc) is 2.46. The predicted molar refractivity (Wildman–Crippen MR) is 98.2 cm³/mol. The first-order valence-electron chi connectivity index (χ1n) is 6.70. The maximum absolute atomic E-state index is 14.0. The highest BCUT2D eigenvalue weighted by Gasteiger charge is 2.22. The lowest BCUT2D eigenvalue weighted by atomic mass is 9.92. The normalized spacial score (nSPS) is 17.5. The molecule has 1 unspecified atom stereocenters. The van der Waals surface area contributed by atoms with E-state index in [-0.39, 0.29) is 16.9 Å². The summed E-state index contributed by atoms with van der Waals surface area (Å²) in [5.74, 6) is 0.424. The third kappa shape index (κ3) is 8.25. The summed E-state index contributed by atoms with van der Waals surface area (Å²) in [5, 5.41) is 7.33. The molecule has 0 saturated carbocycles. The Labute approximate surface area is 153 Å². The Balaban J connectivity index is 0.000000505. The van der Waals surface area contributed by atoms with Gasteiger partial charge in [0.05, 0.1) is 19.5 Å². The van der Waals surface area contributed by atoms with Crippen LogP contribution in [-0.2, 0) is 14.9 Å². The van der Waals surface area contributed by atoms with E-state index in [4.69, 9.17) is 20.4 Å². The number of nitrogens with one attached hydrogen (secondary N) is 1. The van der Waals surface area contributed by atoms with Crippen LogP contribution in [0, 0.1) is 17.1 Å². The Morgan fingerprint density at radius 2 is 2.21 bits per heavy atom. The van der Waals surface area contributed by atoms with Crippen molar-refractivity contribution in [1.29, 1.82) is 5.41 Å². The summed E-state index contributed by atoms with van der Waals surface area (Å²) in [6.45, 7) is 1.01. The second kappa shape index (κ2) is 9.52. The molecule has 0 radical (unpaired) electrons. The van der Waals surface area contributed by atoms with Crippen LogP contribution in [-0.4, -0.2) is 43.4 Å². The van der Waals surface area contributed by atoms with Gasteiger partial charge in [-0.2, -0.15) is 8.42 Å². The van der Waals surface area contributed by atoms with Gasteiger partial charge in [-0.1, -0.05) is 33.8 Å². The van der Waals surface area contributed by atoms with E-state index < -0.39 is 10.1 Å². The molecule has 2 rings (SSSR count). The van der Waals surface area contributed by atoms with Gasteiger partial charge in [0, 0.05) is 21.7 Å². The van der Waals surface area contributed by atoms with Crippen LogP contribution < -0.4 is 5.73 Å². The van der Waals surface area contributed by atoms with E-state index in [1.165, 1.54) is 17.8 Å². The summed E-state index contributed by atoms with van der Waals surface area (Å²) in [7, 11) is -3.67. The number of halogens is 2. The number of rotatable bonds is 3. The van der Waals surface area contributed by atoms with E-state index in [9.17, 15) is 12.8 Å². The molecule has 0 saturated heterocycles. The van der Waals surface area contributed by atoms with Gasteiger partial charge >= 0.3 is 0 Å². The molecule has 1 aliphatic heterocycles. The zero-order valence-electron chi connectivity index (χ0n) is 12.8. The third-order valence-electron chi connectivity index (χ3n) is 2.86. The minimum atomic E-state index is -3.67. The number of thioether (sulfide) groups is 1. The van der Waals surface area contributed by atoms with E-state index in [0.29, 0.717) is 30.8 Å². The fraction of sp³-hybridized carbons (Fsp3) is 0.357. The summed E-state index contributed by atoms with van der Waals surface area (Å²) < 4.78 is 46.1. The van der Waals surface area contributed by atoms with Gasteiger partial charge in [-0.15, -0.1) is 0 Å². The average molecular weight is 441 g/mol. The summed E-state index contributed by atoms with van der Waals surface area (Å²) >= 11 is 4.61. The molecule has 24 heavy (non-hydrogen) atoms. The molecule has 1 aromatic rings. The first kappa shape index (κ1) is 21.1. The van der Waals surface area contributed by atoms with Crippen molar-refractivity contribution in [1.82, 2.24) is 0 Å². The summed E-state index contributed by atoms with van der Waals surface area (Å²) in [5.41, 5.74) is 6.87. The van der Waals surface area contributed by atoms with Crippen molar-refractivity contribution in [2.24, 2.45) is 11.7 Å². The van der Waals surface area contributed by atoms with Crippen LogP contribution >= 0.6 is 27.7 Å². The van der Waals surface area contributed by atoms with Crippen molar-refractivity contribution in [3.63, 3.8) is 0 Å². The fourth-order valence-corrected chi connectivity index (χ4v) is 3.01. The molecular weight excluding hydrogens is 423 g/mol. The molecule has 0 fully saturated rings. The standard InChI is InChI=1S/C13H14BrFN2OS.CH4O3S/c14-9-1-2-12(15)11(5-9)10-3-4-18-6-8(10)7-19-13(16)17;1-5(2,3)4/h1-3,5,8H,4,6-7H2,(H3,16,17);1H3,(H,2,3,4). The maximum Gasteiger partial charge on any atom is 0.261 e. The van der Waals surface area contributed by atoms with Crippen LogP contribution in [0.2, 0.25) is 0 Å². The lowest BCUT2D eigenvalue weighted by molar-refractivity contribution is 0.137. The van der Waals surface area contributed by atoms with E-state index in [1.807, 2.05) is 6.08 Å². The van der Waals surface area contributed by atoms with Crippen LogP contribution in [0.25, 0.3) is 5.57 Å². The summed E-state index contributed by atoms with van der Waals surface area (Å²) in [6.07, 6.45) is 2.62. The fourth-order valence-electron chi connectivity index (χ4n) is 1.99. The van der Waals surface area contributed by atoms with Crippen LogP contribution in [0.1, 0.15) is 5.56 Å². The van der Waals surface area contributed by atoms with Gasteiger partial charge in [0.1, 0.15) is 5.82 Å². The Hall–Kier alpha value is -0.940. The molecular formula is C14H18BrFN2O4S2. The highest BCUT2D eigenvalue weighted by molar-refractivity contribution is 9.10. The molecule has 0 aliphatic carbocycles. The minimum absolute atomic E-state index is 0.0476. The Morgan fingerprint density at radius 1 is 1.58 bits per heavy atom. The molecule has 1 aliphatic rings. The van der Waals surface area contributed by atoms with Crippen LogP contribution in [0.4, 0.5) is 4.39 Å². The number of ether oxygens (including phenoxy) is 1. The van der Waals surface area contributed by atoms with Crippen molar-refractivity contribution in [3.8, 4) is 0 Å². The smallest absolute Gasteiger partial charge is 0.261 e. The van der Waals surface area contributed by atoms with Crippen molar-refractivity contribution in [2.75, 3.05) is 25.2 Å². The lowest BCUT2D eigenvalue weighted by Crippen LogP contribution is -2.21. The molecule has 134 valence electrons. The highest BCUT2D eigenvalue weighted by atomic mass is 79.9. The monoisotopic (exact) mass is 440 g/mol. The van der Waals surface area contributed by atoms with Gasteiger partial charge in [-0.05, 0) is 23.8 Å². The molecule has 6 nitrogen and oxygen atoms in total. The Morgan fingerprint density at radius 3 is 2.79 bits per heavy atom. The SMILES string of the molecule is CS(=O)(=O)O.N=C(N)SCC1COCC=C1c1cc(Br)ccc1F. The molecule has 10 heteroatoms. The van der Waals surface area contributed by atoms with Crippen molar-refractivity contribution < 1.29 is 22.1 Å². The van der Waals surface area contributed by atoms with Crippen LogP contribution in [0.15, 0.2) is 28.7 Å². The van der Waals surface area contributed by atoms with Crippen LogP contribution in [0.3, 0.4) is 0 Å². The molecule has 0 bridgehead atoms. The van der Waals surface area contributed by atoms with Gasteiger partial charge in [-0.3, -0.25) is 9.96 Å². The molecule has 0 aromatic heterocycles. The third-order valence-corrected chi connectivity index (χ3v) is 4.23. The van der Waals surface area contributed by atoms with E-state index in [1.54, 1.807) is 12.1 Å². The van der Waals surface area contributed by atoms with E-state index in [2.05, 4.69) is 15.9 Å². The van der Waals surface area contributed by atoms with Gasteiger partial charge in [0.25, 0.3) is 10.1 Å². The summed E-state index contributed by atoms with van der Waals surface area (Å²) in [4.78, 5) is 0. The molecule has 1 heterocycles. The number of benzene rings is 1. The van der Waals surface area contributed by atoms with Crippen molar-refractivity contribution in [2.45, 2.75) is 0 Å². The second-order valence-electron chi connectivity index (χ2n) is 4.93. The van der Waals surface area contributed by atoms with E-state index >= 15 is 0 Å². The van der Waals surface area contributed by atoms with Crippen molar-refractivity contribution in [3.05, 3.63) is 40.1 Å². The first-order chi connectivity index (χ1) is 11.1. The Bertz CT molecular complexity index is 717. The first-order valence-corrected chi connectivity index (χ1v) is 10.3. The number of nitrogens with two attached hydrogens (primary N) is 1. The molecule has 1 atom stereocenters. The predicted octanol–water partition coefficient (Wildman–Crippen LogP) is 2.75. The van der Waals surface area contributed by atoms with Gasteiger partial charge in [0.2, 0.25) is 0 Å². The van der Waals surface area contributed by atoms with Crippen LogP contribution in [0.5, 0.6) is 0 Å². The number of hydrogen-bond acceptors (Lipinski definition) is 5. The van der Waals surface area contributed by atoms with Gasteiger partial charge < -0.3 is 10.5 Å². The zero-order valence-corrected chi connectivity index (χ0v) is 16.0. The minimum Gasteiger partial charge on any atom is -0.379 e. The largest absolute Gasteiger partial charge is 0.379 e. The van der Waals surface area contributed by atoms with Crippen molar-refractivity contribution >= 4 is 48.6 Å². The van der Waals surface area contributed by atoms with Gasteiger partial charge in [-0.25, -0.2) is 4.39 Å². The lowest BCUT2D eigenvalue weighted by Gasteiger charge is -2.24. The second-order valence-corrected chi connectivity index (χ2v) is 8.37. The molecule has 1 aromatic carbocycles.